The van der Waals surface area contributed by atoms with E-state index in [1.54, 1.807) is 31.3 Å². The third-order valence-corrected chi connectivity index (χ3v) is 4.28. The standard InChI is InChI=1S/C19H17ClFN3O3/c1-23(8-9-27-15-5-2-13(20)3-6-15)18(25)11-24-12-22-17-10-14(21)4-7-16(17)19(24)26/h2-7,10,12H,8-9,11H2,1H3. The summed E-state index contributed by atoms with van der Waals surface area (Å²) in [5.41, 5.74) is -0.132. The molecule has 2 aromatic carbocycles. The van der Waals surface area contributed by atoms with Crippen LogP contribution in [0.2, 0.25) is 5.02 Å². The Bertz CT molecular complexity index is 1020. The van der Waals surface area contributed by atoms with Gasteiger partial charge in [0.15, 0.2) is 0 Å². The molecule has 0 aliphatic heterocycles. The lowest BCUT2D eigenvalue weighted by Crippen LogP contribution is -2.36. The number of fused-ring (bicyclic) bond motifs is 1. The topological polar surface area (TPSA) is 64.4 Å². The predicted molar refractivity (Wildman–Crippen MR) is 101 cm³/mol. The van der Waals surface area contributed by atoms with Crippen LogP contribution in [0.4, 0.5) is 4.39 Å². The second kappa shape index (κ2) is 8.18. The summed E-state index contributed by atoms with van der Waals surface area (Å²) >= 11 is 5.81. The maximum absolute atomic E-state index is 13.2. The molecule has 3 rings (SSSR count). The molecular weight excluding hydrogens is 373 g/mol. The number of aromatic nitrogens is 2. The third-order valence-electron chi connectivity index (χ3n) is 4.03. The maximum atomic E-state index is 13.2. The number of halogens is 2. The Hall–Kier alpha value is -2.93. The molecule has 0 aliphatic carbocycles. The molecular formula is C19H17ClFN3O3. The molecule has 0 N–H and O–H groups in total. The Labute approximate surface area is 159 Å². The van der Waals surface area contributed by atoms with Gasteiger partial charge >= 0.3 is 0 Å². The van der Waals surface area contributed by atoms with E-state index in [2.05, 4.69) is 4.98 Å². The average molecular weight is 390 g/mol. The minimum atomic E-state index is -0.469. The normalized spacial score (nSPS) is 10.8. The summed E-state index contributed by atoms with van der Waals surface area (Å²) in [6.45, 7) is 0.493. The van der Waals surface area contributed by atoms with Gasteiger partial charge in [0.1, 0.15) is 24.7 Å². The minimum absolute atomic E-state index is 0.156. The zero-order valence-electron chi connectivity index (χ0n) is 14.6. The number of carbonyl (C=O) groups is 1. The van der Waals surface area contributed by atoms with Gasteiger partial charge in [-0.2, -0.15) is 0 Å². The molecule has 27 heavy (non-hydrogen) atoms. The first-order valence-electron chi connectivity index (χ1n) is 8.21. The summed E-state index contributed by atoms with van der Waals surface area (Å²) in [4.78, 5) is 30.3. The van der Waals surface area contributed by atoms with Crippen LogP contribution in [0.3, 0.4) is 0 Å². The van der Waals surface area contributed by atoms with E-state index in [9.17, 15) is 14.0 Å². The Balaban J connectivity index is 1.60. The van der Waals surface area contributed by atoms with Crippen LogP contribution in [0.5, 0.6) is 5.75 Å². The van der Waals surface area contributed by atoms with Crippen LogP contribution >= 0.6 is 11.6 Å². The summed E-state index contributed by atoms with van der Waals surface area (Å²) in [5.74, 6) is -0.0776. The number of nitrogens with zero attached hydrogens (tertiary/aromatic N) is 3. The number of hydrogen-bond donors (Lipinski definition) is 0. The number of ether oxygens (including phenoxy) is 1. The van der Waals surface area contributed by atoms with E-state index in [-0.39, 0.29) is 28.9 Å². The van der Waals surface area contributed by atoms with Crippen LogP contribution < -0.4 is 10.3 Å². The van der Waals surface area contributed by atoms with E-state index in [1.165, 1.54) is 34.0 Å². The first-order chi connectivity index (χ1) is 12.9. The van der Waals surface area contributed by atoms with Crippen molar-refractivity contribution in [2.45, 2.75) is 6.54 Å². The number of rotatable bonds is 6. The van der Waals surface area contributed by atoms with Crippen molar-refractivity contribution in [1.29, 1.82) is 0 Å². The van der Waals surface area contributed by atoms with Crippen molar-refractivity contribution in [3.63, 3.8) is 0 Å². The Morgan fingerprint density at radius 2 is 2.00 bits per heavy atom. The van der Waals surface area contributed by atoms with Crippen LogP contribution in [0.15, 0.2) is 53.6 Å². The SMILES string of the molecule is CN(CCOc1ccc(Cl)cc1)C(=O)Cn1cnc2cc(F)ccc2c1=O. The molecule has 1 amide bonds. The quantitative estimate of drug-likeness (QED) is 0.650. The molecule has 0 aliphatic rings. The summed E-state index contributed by atoms with van der Waals surface area (Å²) in [5, 5.41) is 0.882. The monoisotopic (exact) mass is 389 g/mol. The van der Waals surface area contributed by atoms with Crippen molar-refractivity contribution in [3.05, 3.63) is 70.0 Å². The largest absolute Gasteiger partial charge is 0.492 e. The molecule has 0 radical (unpaired) electrons. The van der Waals surface area contributed by atoms with Gasteiger partial charge in [-0.05, 0) is 36.4 Å². The fraction of sp³-hybridized carbons (Fsp3) is 0.211. The lowest BCUT2D eigenvalue weighted by Gasteiger charge is -2.18. The van der Waals surface area contributed by atoms with Crippen LogP contribution in [0.1, 0.15) is 0 Å². The molecule has 0 saturated carbocycles. The molecule has 1 heterocycles. The third kappa shape index (κ3) is 4.62. The van der Waals surface area contributed by atoms with Gasteiger partial charge < -0.3 is 9.64 Å². The van der Waals surface area contributed by atoms with Crippen molar-refractivity contribution in [3.8, 4) is 5.75 Å². The van der Waals surface area contributed by atoms with Crippen molar-refractivity contribution in [2.75, 3.05) is 20.2 Å². The second-order valence-corrected chi connectivity index (χ2v) is 6.39. The van der Waals surface area contributed by atoms with E-state index in [0.717, 1.165) is 0 Å². The van der Waals surface area contributed by atoms with Gasteiger partial charge in [0, 0.05) is 18.1 Å². The van der Waals surface area contributed by atoms with Gasteiger partial charge in [0.2, 0.25) is 5.91 Å². The van der Waals surface area contributed by atoms with Gasteiger partial charge in [0.25, 0.3) is 5.56 Å². The summed E-state index contributed by atoms with van der Waals surface area (Å²) < 4.78 is 20.0. The lowest BCUT2D eigenvalue weighted by molar-refractivity contribution is -0.130. The van der Waals surface area contributed by atoms with Gasteiger partial charge in [-0.25, -0.2) is 9.37 Å². The molecule has 3 aromatic rings. The van der Waals surface area contributed by atoms with E-state index >= 15 is 0 Å². The van der Waals surface area contributed by atoms with Crippen LogP contribution in [0.25, 0.3) is 10.9 Å². The molecule has 0 fully saturated rings. The number of hydrogen-bond acceptors (Lipinski definition) is 4. The maximum Gasteiger partial charge on any atom is 0.261 e. The highest BCUT2D eigenvalue weighted by Crippen LogP contribution is 2.15. The molecule has 1 aromatic heterocycles. The second-order valence-electron chi connectivity index (χ2n) is 5.96. The Morgan fingerprint density at radius 3 is 2.74 bits per heavy atom. The van der Waals surface area contributed by atoms with Gasteiger partial charge in [0.05, 0.1) is 23.8 Å². The first-order valence-corrected chi connectivity index (χ1v) is 8.59. The zero-order valence-corrected chi connectivity index (χ0v) is 15.3. The molecule has 0 atom stereocenters. The van der Waals surface area contributed by atoms with Gasteiger partial charge in [-0.15, -0.1) is 0 Å². The van der Waals surface area contributed by atoms with E-state index in [0.29, 0.717) is 23.9 Å². The van der Waals surface area contributed by atoms with Crippen LogP contribution in [-0.4, -0.2) is 40.6 Å². The number of amides is 1. The highest BCUT2D eigenvalue weighted by atomic mass is 35.5. The van der Waals surface area contributed by atoms with Gasteiger partial charge in [-0.3, -0.25) is 14.2 Å². The number of benzene rings is 2. The molecule has 140 valence electrons. The van der Waals surface area contributed by atoms with Crippen molar-refractivity contribution < 1.29 is 13.9 Å². The molecule has 0 unspecified atom stereocenters. The fourth-order valence-electron chi connectivity index (χ4n) is 2.47. The first kappa shape index (κ1) is 18.8. The van der Waals surface area contributed by atoms with Crippen molar-refractivity contribution in [2.24, 2.45) is 0 Å². The summed E-state index contributed by atoms with van der Waals surface area (Å²) in [7, 11) is 1.63. The van der Waals surface area contributed by atoms with Crippen LogP contribution in [-0.2, 0) is 11.3 Å². The van der Waals surface area contributed by atoms with Crippen molar-refractivity contribution in [1.82, 2.24) is 14.5 Å². The molecule has 6 nitrogen and oxygen atoms in total. The number of carbonyl (C=O) groups excluding carboxylic acids is 1. The molecule has 0 saturated heterocycles. The summed E-state index contributed by atoms with van der Waals surface area (Å²) in [6, 6.07) is 10.7. The summed E-state index contributed by atoms with van der Waals surface area (Å²) in [6.07, 6.45) is 1.25. The molecule has 0 spiro atoms. The van der Waals surface area contributed by atoms with E-state index in [1.807, 2.05) is 0 Å². The highest BCUT2D eigenvalue weighted by molar-refractivity contribution is 6.30. The zero-order chi connectivity index (χ0) is 19.4. The van der Waals surface area contributed by atoms with Crippen molar-refractivity contribution >= 4 is 28.4 Å². The lowest BCUT2D eigenvalue weighted by atomic mass is 10.2. The smallest absolute Gasteiger partial charge is 0.261 e. The fourth-order valence-corrected chi connectivity index (χ4v) is 2.59. The number of likely N-dealkylation sites (N-methyl/N-ethyl adjacent to an activating group) is 1. The minimum Gasteiger partial charge on any atom is -0.492 e. The van der Waals surface area contributed by atoms with E-state index in [4.69, 9.17) is 16.3 Å². The average Bonchev–Trinajstić information content (AvgIpc) is 2.65. The predicted octanol–water partition coefficient (Wildman–Crippen LogP) is 2.73. The van der Waals surface area contributed by atoms with Gasteiger partial charge in [-0.1, -0.05) is 11.6 Å². The molecule has 0 bridgehead atoms. The Kier molecular flexibility index (Phi) is 5.71. The van der Waals surface area contributed by atoms with E-state index < -0.39 is 5.82 Å². The van der Waals surface area contributed by atoms with Crippen LogP contribution in [0, 0.1) is 5.82 Å². The highest BCUT2D eigenvalue weighted by Gasteiger charge is 2.12. The Morgan fingerprint density at radius 1 is 1.26 bits per heavy atom. The molecule has 8 heteroatoms.